The molecule has 6 heteroatoms. The molecule has 1 aromatic carbocycles. The number of carbonyl (C=O) groups is 2. The number of benzene rings is 1. The van der Waals surface area contributed by atoms with E-state index < -0.39 is 11.9 Å². The lowest BCUT2D eigenvalue weighted by Gasteiger charge is -2.06. The summed E-state index contributed by atoms with van der Waals surface area (Å²) >= 11 is 5.80. The van der Waals surface area contributed by atoms with Gasteiger partial charge in [0, 0.05) is 11.9 Å². The molecule has 0 aliphatic rings. The monoisotopic (exact) mass is 276 g/mol. The third-order valence-electron chi connectivity index (χ3n) is 2.37. The number of nitrogens with zero attached hydrogens (tertiary/aromatic N) is 1. The number of hydrogen-bond acceptors (Lipinski definition) is 3. The van der Waals surface area contributed by atoms with Crippen molar-refractivity contribution in [3.8, 4) is 0 Å². The van der Waals surface area contributed by atoms with Crippen LogP contribution in [0.5, 0.6) is 0 Å². The minimum Gasteiger partial charge on any atom is -0.478 e. The Morgan fingerprint density at radius 3 is 2.68 bits per heavy atom. The Morgan fingerprint density at radius 1 is 1.21 bits per heavy atom. The summed E-state index contributed by atoms with van der Waals surface area (Å²) in [6.07, 6.45) is 1.48. The highest BCUT2D eigenvalue weighted by molar-refractivity contribution is 6.33. The average Bonchev–Trinajstić information content (AvgIpc) is 2.39. The van der Waals surface area contributed by atoms with Crippen LogP contribution in [0.25, 0.3) is 0 Å². The van der Waals surface area contributed by atoms with E-state index in [0.29, 0.717) is 5.69 Å². The van der Waals surface area contributed by atoms with Gasteiger partial charge in [0.15, 0.2) is 0 Å². The fourth-order valence-electron chi connectivity index (χ4n) is 1.48. The summed E-state index contributed by atoms with van der Waals surface area (Å²) in [4.78, 5) is 26.6. The zero-order valence-electron chi connectivity index (χ0n) is 9.63. The molecular weight excluding hydrogens is 268 g/mol. The van der Waals surface area contributed by atoms with Crippen LogP contribution in [0.15, 0.2) is 42.6 Å². The smallest absolute Gasteiger partial charge is 0.335 e. The molecule has 0 atom stereocenters. The molecule has 1 amide bonds. The number of nitrogens with one attached hydrogen (secondary N) is 1. The average molecular weight is 277 g/mol. The molecule has 0 aliphatic carbocycles. The minimum absolute atomic E-state index is 0.0920. The summed E-state index contributed by atoms with van der Waals surface area (Å²) < 4.78 is 0. The van der Waals surface area contributed by atoms with E-state index in [9.17, 15) is 9.59 Å². The summed E-state index contributed by atoms with van der Waals surface area (Å²) in [6, 6.07) is 9.07. The van der Waals surface area contributed by atoms with Gasteiger partial charge in [-0.3, -0.25) is 4.79 Å². The van der Waals surface area contributed by atoms with Crippen molar-refractivity contribution < 1.29 is 14.7 Å². The maximum Gasteiger partial charge on any atom is 0.335 e. The number of anilines is 1. The molecule has 1 heterocycles. The van der Waals surface area contributed by atoms with E-state index in [2.05, 4.69) is 10.3 Å². The molecule has 2 N–H and O–H groups in total. The van der Waals surface area contributed by atoms with Gasteiger partial charge in [0.2, 0.25) is 0 Å². The molecule has 0 spiro atoms. The van der Waals surface area contributed by atoms with Gasteiger partial charge in [0.25, 0.3) is 5.91 Å². The number of halogens is 1. The van der Waals surface area contributed by atoms with Crippen molar-refractivity contribution in [3.63, 3.8) is 0 Å². The number of hydrogen-bond donors (Lipinski definition) is 2. The van der Waals surface area contributed by atoms with Crippen LogP contribution in [0, 0.1) is 0 Å². The fraction of sp³-hybridized carbons (Fsp3) is 0. The van der Waals surface area contributed by atoms with Gasteiger partial charge in [-0.15, -0.1) is 0 Å². The van der Waals surface area contributed by atoms with Crippen LogP contribution in [0.1, 0.15) is 20.7 Å². The second-order valence-corrected chi connectivity index (χ2v) is 4.04. The van der Waals surface area contributed by atoms with Crippen molar-refractivity contribution in [2.24, 2.45) is 0 Å². The molecule has 96 valence electrons. The maximum atomic E-state index is 11.9. The molecule has 0 fully saturated rings. The van der Waals surface area contributed by atoms with Crippen molar-refractivity contribution in [1.82, 2.24) is 4.98 Å². The number of pyridine rings is 1. The number of carboxylic acid groups (broad SMARTS) is 1. The van der Waals surface area contributed by atoms with Crippen molar-refractivity contribution in [2.45, 2.75) is 0 Å². The normalized spacial score (nSPS) is 9.95. The topological polar surface area (TPSA) is 79.3 Å². The molecule has 2 aromatic rings. The van der Waals surface area contributed by atoms with Gasteiger partial charge in [0.1, 0.15) is 5.15 Å². The van der Waals surface area contributed by atoms with E-state index in [1.165, 1.54) is 24.4 Å². The molecule has 19 heavy (non-hydrogen) atoms. The van der Waals surface area contributed by atoms with E-state index in [0.717, 1.165) is 0 Å². The van der Waals surface area contributed by atoms with E-state index in [4.69, 9.17) is 16.7 Å². The molecule has 2 rings (SSSR count). The second-order valence-electron chi connectivity index (χ2n) is 3.68. The lowest BCUT2D eigenvalue weighted by Crippen LogP contribution is -2.13. The lowest BCUT2D eigenvalue weighted by atomic mass is 10.2. The first-order valence-corrected chi connectivity index (χ1v) is 5.71. The molecule has 0 saturated carbocycles. The Labute approximate surface area is 113 Å². The highest BCUT2D eigenvalue weighted by atomic mass is 35.5. The van der Waals surface area contributed by atoms with Gasteiger partial charge < -0.3 is 10.4 Å². The Hall–Kier alpha value is -2.40. The Balaban J connectivity index is 2.22. The van der Waals surface area contributed by atoms with E-state index in [-0.39, 0.29) is 16.3 Å². The van der Waals surface area contributed by atoms with E-state index in [1.54, 1.807) is 18.2 Å². The SMILES string of the molecule is O=C(O)c1cccc(NC(=O)c2cccnc2Cl)c1. The number of aromatic carboxylic acids is 1. The van der Waals surface area contributed by atoms with Gasteiger partial charge in [0.05, 0.1) is 11.1 Å². The van der Waals surface area contributed by atoms with E-state index in [1.807, 2.05) is 0 Å². The summed E-state index contributed by atoms with van der Waals surface area (Å²) in [5, 5.41) is 11.5. The first kappa shape index (κ1) is 13.0. The highest BCUT2D eigenvalue weighted by Gasteiger charge is 2.11. The number of carboxylic acids is 1. The predicted molar refractivity (Wildman–Crippen MR) is 70.6 cm³/mol. The number of rotatable bonds is 3. The highest BCUT2D eigenvalue weighted by Crippen LogP contribution is 2.16. The standard InChI is InChI=1S/C13H9ClN2O3/c14-11-10(5-2-6-15-11)12(17)16-9-4-1-3-8(7-9)13(18)19/h1-7H,(H,16,17)(H,18,19). The van der Waals surface area contributed by atoms with Crippen molar-refractivity contribution >= 4 is 29.2 Å². The van der Waals surface area contributed by atoms with Crippen LogP contribution in [0.4, 0.5) is 5.69 Å². The predicted octanol–water partition coefficient (Wildman–Crippen LogP) is 2.69. The number of amides is 1. The summed E-state index contributed by atoms with van der Waals surface area (Å²) in [7, 11) is 0. The first-order chi connectivity index (χ1) is 9.08. The Bertz CT molecular complexity index is 643. The van der Waals surface area contributed by atoms with Crippen LogP contribution in [0.3, 0.4) is 0 Å². The molecule has 5 nitrogen and oxygen atoms in total. The molecule has 1 aromatic heterocycles. The third kappa shape index (κ3) is 3.08. The molecule has 0 unspecified atom stereocenters. The van der Waals surface area contributed by atoms with Crippen LogP contribution >= 0.6 is 11.6 Å². The quantitative estimate of drug-likeness (QED) is 0.845. The Morgan fingerprint density at radius 2 is 2.00 bits per heavy atom. The van der Waals surface area contributed by atoms with Gasteiger partial charge in [-0.2, -0.15) is 0 Å². The molecule has 0 bridgehead atoms. The van der Waals surface area contributed by atoms with Crippen molar-refractivity contribution in [3.05, 3.63) is 58.9 Å². The first-order valence-electron chi connectivity index (χ1n) is 5.33. The zero-order valence-corrected chi connectivity index (χ0v) is 10.4. The van der Waals surface area contributed by atoms with Crippen molar-refractivity contribution in [1.29, 1.82) is 0 Å². The van der Waals surface area contributed by atoms with Gasteiger partial charge in [-0.1, -0.05) is 17.7 Å². The van der Waals surface area contributed by atoms with Gasteiger partial charge in [-0.25, -0.2) is 9.78 Å². The van der Waals surface area contributed by atoms with Crippen LogP contribution in [-0.2, 0) is 0 Å². The Kier molecular flexibility index (Phi) is 3.77. The van der Waals surface area contributed by atoms with E-state index >= 15 is 0 Å². The largest absolute Gasteiger partial charge is 0.478 e. The van der Waals surface area contributed by atoms with Crippen LogP contribution in [-0.4, -0.2) is 22.0 Å². The summed E-state index contributed by atoms with van der Waals surface area (Å²) in [5.41, 5.74) is 0.699. The molecular formula is C13H9ClN2O3. The van der Waals surface area contributed by atoms with Crippen molar-refractivity contribution in [2.75, 3.05) is 5.32 Å². The van der Waals surface area contributed by atoms with Gasteiger partial charge in [-0.05, 0) is 30.3 Å². The lowest BCUT2D eigenvalue weighted by molar-refractivity contribution is 0.0696. The molecule has 0 saturated heterocycles. The molecule has 0 aliphatic heterocycles. The van der Waals surface area contributed by atoms with Gasteiger partial charge >= 0.3 is 5.97 Å². The summed E-state index contributed by atoms with van der Waals surface area (Å²) in [5.74, 6) is -1.50. The summed E-state index contributed by atoms with van der Waals surface area (Å²) in [6.45, 7) is 0. The van der Waals surface area contributed by atoms with Crippen LogP contribution in [0.2, 0.25) is 5.15 Å². The fourth-order valence-corrected chi connectivity index (χ4v) is 1.69. The maximum absolute atomic E-state index is 11.9. The minimum atomic E-state index is -1.06. The number of carbonyl (C=O) groups excluding carboxylic acids is 1. The zero-order chi connectivity index (χ0) is 13.8. The van der Waals surface area contributed by atoms with Crippen LogP contribution < -0.4 is 5.32 Å². The number of aromatic nitrogens is 1. The third-order valence-corrected chi connectivity index (χ3v) is 2.67. The second kappa shape index (κ2) is 5.49. The molecule has 0 radical (unpaired) electrons.